The molecule has 4 rings (SSSR count). The van der Waals surface area contributed by atoms with Gasteiger partial charge in [0.2, 0.25) is 0 Å². The summed E-state index contributed by atoms with van der Waals surface area (Å²) in [4.78, 5) is 28.9. The summed E-state index contributed by atoms with van der Waals surface area (Å²) in [5.74, 6) is -1.37. The fraction of sp³-hybridized carbons (Fsp3) is 0.174. The third-order valence-corrected chi connectivity index (χ3v) is 4.73. The number of nitrogens with zero attached hydrogens (tertiary/aromatic N) is 1. The summed E-state index contributed by atoms with van der Waals surface area (Å²) in [7, 11) is 0. The molecular weight excluding hydrogens is 354 g/mol. The van der Waals surface area contributed by atoms with Crippen LogP contribution in [0.1, 0.15) is 45.7 Å². The van der Waals surface area contributed by atoms with Crippen LogP contribution in [0.15, 0.2) is 54.6 Å². The van der Waals surface area contributed by atoms with Gasteiger partial charge in [-0.15, -0.1) is 0 Å². The predicted molar refractivity (Wildman–Crippen MR) is 105 cm³/mol. The van der Waals surface area contributed by atoms with E-state index in [0.29, 0.717) is 28.9 Å². The van der Waals surface area contributed by atoms with E-state index in [1.807, 2.05) is 36.4 Å². The lowest BCUT2D eigenvalue weighted by Gasteiger charge is -2.09. The maximum atomic E-state index is 12.2. The number of hydrogen-bond donors (Lipinski definition) is 1. The second-order valence-electron chi connectivity index (χ2n) is 7.06. The first-order chi connectivity index (χ1) is 13.4. The number of benzene rings is 2. The van der Waals surface area contributed by atoms with Crippen LogP contribution in [-0.2, 0) is 11.2 Å². The fourth-order valence-corrected chi connectivity index (χ4v) is 3.49. The molecule has 0 amide bonds. The number of hydrogen-bond acceptors (Lipinski definition) is 4. The number of esters is 1. The topological polar surface area (TPSA) is 76.5 Å². The summed E-state index contributed by atoms with van der Waals surface area (Å²) in [5, 5.41) is 9.74. The van der Waals surface area contributed by atoms with Gasteiger partial charge in [-0.1, -0.05) is 36.4 Å². The Morgan fingerprint density at radius 2 is 1.82 bits per heavy atom. The maximum Gasteiger partial charge on any atom is 0.338 e. The molecule has 3 aromatic rings. The predicted octanol–water partition coefficient (Wildman–Crippen LogP) is 4.58. The van der Waals surface area contributed by atoms with E-state index in [0.717, 1.165) is 16.7 Å². The van der Waals surface area contributed by atoms with Crippen LogP contribution in [0.3, 0.4) is 0 Å². The fourth-order valence-electron chi connectivity index (χ4n) is 3.49. The number of aromatic carboxylic acids is 1. The number of carboxylic acid groups (broad SMARTS) is 1. The number of carboxylic acids is 1. The molecule has 0 radical (unpaired) electrons. The van der Waals surface area contributed by atoms with Gasteiger partial charge in [0.1, 0.15) is 0 Å². The Morgan fingerprint density at radius 3 is 2.50 bits per heavy atom. The van der Waals surface area contributed by atoms with Gasteiger partial charge in [0.15, 0.2) is 0 Å². The number of fused-ring (bicyclic) bond motifs is 3. The zero-order valence-electron chi connectivity index (χ0n) is 15.6. The third-order valence-electron chi connectivity index (χ3n) is 4.73. The number of pyridine rings is 1. The summed E-state index contributed by atoms with van der Waals surface area (Å²) in [6, 6.07) is 16.4. The molecule has 0 saturated carbocycles. The second kappa shape index (κ2) is 6.93. The Bertz CT molecular complexity index is 1090. The summed E-state index contributed by atoms with van der Waals surface area (Å²) in [6.45, 7) is 3.60. The highest BCUT2D eigenvalue weighted by molar-refractivity contribution is 5.96. The van der Waals surface area contributed by atoms with Crippen molar-refractivity contribution in [2.75, 3.05) is 0 Å². The molecule has 1 heterocycles. The van der Waals surface area contributed by atoms with Crippen molar-refractivity contribution in [3.63, 3.8) is 0 Å². The first-order valence-corrected chi connectivity index (χ1v) is 9.11. The lowest BCUT2D eigenvalue weighted by molar-refractivity contribution is 0.0377. The van der Waals surface area contributed by atoms with E-state index in [1.165, 1.54) is 0 Å². The largest absolute Gasteiger partial charge is 0.478 e. The Labute approximate surface area is 162 Å². The molecule has 0 spiro atoms. The van der Waals surface area contributed by atoms with Crippen LogP contribution in [0, 0.1) is 0 Å². The Kier molecular flexibility index (Phi) is 4.43. The third kappa shape index (κ3) is 3.16. The molecule has 0 saturated heterocycles. The van der Waals surface area contributed by atoms with Crippen molar-refractivity contribution >= 4 is 11.9 Å². The van der Waals surface area contributed by atoms with E-state index in [9.17, 15) is 14.7 Å². The van der Waals surface area contributed by atoms with Crippen molar-refractivity contribution in [1.82, 2.24) is 4.98 Å². The molecule has 2 aromatic carbocycles. The lowest BCUT2D eigenvalue weighted by Crippen LogP contribution is -2.11. The molecule has 5 heteroatoms. The van der Waals surface area contributed by atoms with Gasteiger partial charge in [-0.3, -0.25) is 0 Å². The zero-order chi connectivity index (χ0) is 19.8. The highest BCUT2D eigenvalue weighted by atomic mass is 16.5. The average Bonchev–Trinajstić information content (AvgIpc) is 3.05. The van der Waals surface area contributed by atoms with Gasteiger partial charge >= 0.3 is 11.9 Å². The van der Waals surface area contributed by atoms with Crippen LogP contribution in [0.2, 0.25) is 0 Å². The zero-order valence-corrected chi connectivity index (χ0v) is 15.6. The van der Waals surface area contributed by atoms with E-state index >= 15 is 0 Å². The molecule has 1 N–H and O–H groups in total. The summed E-state index contributed by atoms with van der Waals surface area (Å²) < 4.78 is 5.26. The molecule has 0 fully saturated rings. The van der Waals surface area contributed by atoms with Gasteiger partial charge in [-0.2, -0.15) is 0 Å². The van der Waals surface area contributed by atoms with E-state index in [-0.39, 0.29) is 17.6 Å². The van der Waals surface area contributed by atoms with Gasteiger partial charge in [0.05, 0.1) is 28.6 Å². The Balaban J connectivity index is 1.82. The quantitative estimate of drug-likeness (QED) is 0.530. The first kappa shape index (κ1) is 17.9. The standard InChI is InChI=1S/C23H19NO4/c1-13(2)28-23(27)15-8-9-17-16(10-15)11-18-19(22(25)26)12-20(24-21(17)18)14-6-4-3-5-7-14/h3-10,12-13H,11H2,1-2H3,(H,25,26). The summed E-state index contributed by atoms with van der Waals surface area (Å²) in [5.41, 5.74) is 5.26. The minimum atomic E-state index is -0.983. The van der Waals surface area contributed by atoms with Crippen molar-refractivity contribution in [1.29, 1.82) is 0 Å². The monoisotopic (exact) mass is 373 g/mol. The normalized spacial score (nSPS) is 11.8. The molecule has 0 aliphatic heterocycles. The van der Waals surface area contributed by atoms with E-state index in [2.05, 4.69) is 0 Å². The summed E-state index contributed by atoms with van der Waals surface area (Å²) in [6.07, 6.45) is 0.226. The van der Waals surface area contributed by atoms with Crippen molar-refractivity contribution in [2.45, 2.75) is 26.4 Å². The van der Waals surface area contributed by atoms with Crippen molar-refractivity contribution < 1.29 is 19.4 Å². The van der Waals surface area contributed by atoms with Gasteiger partial charge in [-0.05, 0) is 43.2 Å². The van der Waals surface area contributed by atoms with Crippen LogP contribution < -0.4 is 0 Å². The van der Waals surface area contributed by atoms with Crippen LogP contribution in [0.25, 0.3) is 22.5 Å². The maximum absolute atomic E-state index is 12.2. The summed E-state index contributed by atoms with van der Waals surface area (Å²) >= 11 is 0. The molecule has 5 nitrogen and oxygen atoms in total. The first-order valence-electron chi connectivity index (χ1n) is 9.11. The number of aromatic nitrogens is 1. The number of rotatable bonds is 4. The average molecular weight is 373 g/mol. The van der Waals surface area contributed by atoms with Crippen LogP contribution in [0.4, 0.5) is 0 Å². The molecule has 1 aliphatic carbocycles. The molecule has 1 aliphatic rings. The lowest BCUT2D eigenvalue weighted by atomic mass is 10.0. The molecule has 0 unspecified atom stereocenters. The van der Waals surface area contributed by atoms with Crippen LogP contribution in [0.5, 0.6) is 0 Å². The number of carbonyl (C=O) groups excluding carboxylic acids is 1. The molecular formula is C23H19NO4. The van der Waals surface area contributed by atoms with Crippen molar-refractivity contribution in [3.05, 3.63) is 76.9 Å². The van der Waals surface area contributed by atoms with Gasteiger partial charge in [0, 0.05) is 17.5 Å². The highest BCUT2D eigenvalue weighted by Gasteiger charge is 2.27. The van der Waals surface area contributed by atoms with E-state index in [1.54, 1.807) is 32.0 Å². The van der Waals surface area contributed by atoms with E-state index < -0.39 is 5.97 Å². The number of ether oxygens (including phenoxy) is 1. The Morgan fingerprint density at radius 1 is 1.07 bits per heavy atom. The van der Waals surface area contributed by atoms with Gasteiger partial charge in [0.25, 0.3) is 0 Å². The SMILES string of the molecule is CC(C)OC(=O)c1ccc2c(c1)Cc1c(C(=O)O)cc(-c3ccccc3)nc1-2. The Hall–Kier alpha value is -3.47. The minimum Gasteiger partial charge on any atom is -0.478 e. The number of carbonyl (C=O) groups is 2. The van der Waals surface area contributed by atoms with Crippen molar-refractivity contribution in [2.24, 2.45) is 0 Å². The van der Waals surface area contributed by atoms with Crippen LogP contribution >= 0.6 is 0 Å². The molecule has 0 atom stereocenters. The molecule has 0 bridgehead atoms. The second-order valence-corrected chi connectivity index (χ2v) is 7.06. The van der Waals surface area contributed by atoms with Crippen LogP contribution in [-0.4, -0.2) is 28.1 Å². The van der Waals surface area contributed by atoms with E-state index in [4.69, 9.17) is 9.72 Å². The van der Waals surface area contributed by atoms with Gasteiger partial charge < -0.3 is 9.84 Å². The minimum absolute atomic E-state index is 0.202. The molecule has 28 heavy (non-hydrogen) atoms. The molecule has 1 aromatic heterocycles. The van der Waals surface area contributed by atoms with Gasteiger partial charge in [-0.25, -0.2) is 14.6 Å². The molecule has 140 valence electrons. The van der Waals surface area contributed by atoms with Crippen molar-refractivity contribution in [3.8, 4) is 22.5 Å². The smallest absolute Gasteiger partial charge is 0.338 e. The highest BCUT2D eigenvalue weighted by Crippen LogP contribution is 2.39.